The summed E-state index contributed by atoms with van der Waals surface area (Å²) in [5.41, 5.74) is -1.51. The third-order valence-corrected chi connectivity index (χ3v) is 4.11. The molecule has 1 fully saturated rings. The average Bonchev–Trinajstić information content (AvgIpc) is 2.59. The van der Waals surface area contributed by atoms with Gasteiger partial charge in [-0.2, -0.15) is 0 Å². The molecular weight excluding hydrogens is 352 g/mol. The SMILES string of the molecule is CC(C)(C)OC(=O)N1CCC[C@](NC(=O)OCc2ccccc2)(C(=O)O)C1. The number of carbonyl (C=O) groups is 3. The molecule has 0 unspecified atom stereocenters. The highest BCUT2D eigenvalue weighted by Crippen LogP contribution is 2.24. The number of hydrogen-bond acceptors (Lipinski definition) is 5. The molecule has 2 amide bonds. The molecule has 1 aliphatic heterocycles. The van der Waals surface area contributed by atoms with Gasteiger partial charge in [0.1, 0.15) is 12.2 Å². The van der Waals surface area contributed by atoms with E-state index < -0.39 is 29.3 Å². The fourth-order valence-corrected chi connectivity index (χ4v) is 2.82. The zero-order valence-electron chi connectivity index (χ0n) is 15.9. The van der Waals surface area contributed by atoms with E-state index in [0.29, 0.717) is 13.0 Å². The van der Waals surface area contributed by atoms with Crippen LogP contribution in [-0.4, -0.2) is 52.4 Å². The van der Waals surface area contributed by atoms with Gasteiger partial charge in [-0.3, -0.25) is 0 Å². The van der Waals surface area contributed by atoms with Crippen molar-refractivity contribution in [1.82, 2.24) is 10.2 Å². The molecule has 0 spiro atoms. The standard InChI is InChI=1S/C19H26N2O6/c1-18(2,3)27-17(25)21-11-7-10-19(13-21,15(22)23)20-16(24)26-12-14-8-5-4-6-9-14/h4-6,8-9H,7,10-13H2,1-3H3,(H,20,24)(H,22,23)/t19-/m1/s1. The zero-order chi connectivity index (χ0) is 20.1. The van der Waals surface area contributed by atoms with Crippen LogP contribution in [0.5, 0.6) is 0 Å². The van der Waals surface area contributed by atoms with E-state index >= 15 is 0 Å². The summed E-state index contributed by atoms with van der Waals surface area (Å²) < 4.78 is 10.4. The fourth-order valence-electron chi connectivity index (χ4n) is 2.82. The second kappa shape index (κ2) is 8.28. The van der Waals surface area contributed by atoms with Crippen LogP contribution in [0.3, 0.4) is 0 Å². The van der Waals surface area contributed by atoms with Crippen LogP contribution in [0.25, 0.3) is 0 Å². The number of carboxylic acid groups (broad SMARTS) is 1. The van der Waals surface area contributed by atoms with E-state index in [1.54, 1.807) is 32.9 Å². The van der Waals surface area contributed by atoms with E-state index in [4.69, 9.17) is 9.47 Å². The topological polar surface area (TPSA) is 105 Å². The lowest BCUT2D eigenvalue weighted by atomic mass is 9.89. The Morgan fingerprint density at radius 1 is 1.22 bits per heavy atom. The minimum atomic E-state index is -1.61. The van der Waals surface area contributed by atoms with Crippen molar-refractivity contribution >= 4 is 18.2 Å². The predicted octanol–water partition coefficient (Wildman–Crippen LogP) is 2.77. The number of amides is 2. The molecule has 2 N–H and O–H groups in total. The number of aliphatic carboxylic acids is 1. The summed E-state index contributed by atoms with van der Waals surface area (Å²) >= 11 is 0. The lowest BCUT2D eigenvalue weighted by Crippen LogP contribution is -2.64. The summed E-state index contributed by atoms with van der Waals surface area (Å²) in [6.07, 6.45) is -0.827. The first-order chi connectivity index (χ1) is 12.6. The number of carboxylic acids is 1. The molecular formula is C19H26N2O6. The highest BCUT2D eigenvalue weighted by molar-refractivity contribution is 5.85. The molecule has 2 rings (SSSR count). The molecule has 27 heavy (non-hydrogen) atoms. The minimum Gasteiger partial charge on any atom is -0.479 e. The van der Waals surface area contributed by atoms with Crippen LogP contribution in [0.4, 0.5) is 9.59 Å². The molecule has 1 atom stereocenters. The van der Waals surface area contributed by atoms with Crippen molar-refractivity contribution in [2.24, 2.45) is 0 Å². The summed E-state index contributed by atoms with van der Waals surface area (Å²) in [6.45, 7) is 5.41. The number of piperidine rings is 1. The smallest absolute Gasteiger partial charge is 0.410 e. The summed E-state index contributed by atoms with van der Waals surface area (Å²) in [4.78, 5) is 37.7. The van der Waals surface area contributed by atoms with Gasteiger partial charge in [0.05, 0.1) is 6.54 Å². The van der Waals surface area contributed by atoms with Crippen molar-refractivity contribution in [2.75, 3.05) is 13.1 Å². The third kappa shape index (κ3) is 5.87. The minimum absolute atomic E-state index is 0.0259. The average molecular weight is 378 g/mol. The molecule has 1 aromatic rings. The molecule has 1 aromatic carbocycles. The molecule has 8 nitrogen and oxygen atoms in total. The van der Waals surface area contributed by atoms with Gasteiger partial charge in [-0.15, -0.1) is 0 Å². The molecule has 8 heteroatoms. The van der Waals surface area contributed by atoms with Gasteiger partial charge < -0.3 is 24.8 Å². The number of rotatable bonds is 4. The Balaban J connectivity index is 2.02. The Bertz CT molecular complexity index is 685. The van der Waals surface area contributed by atoms with E-state index in [-0.39, 0.29) is 19.6 Å². The van der Waals surface area contributed by atoms with Gasteiger partial charge in [0.2, 0.25) is 0 Å². The Morgan fingerprint density at radius 2 is 1.89 bits per heavy atom. The zero-order valence-corrected chi connectivity index (χ0v) is 15.9. The quantitative estimate of drug-likeness (QED) is 0.835. The second-order valence-corrected chi connectivity index (χ2v) is 7.58. The number of likely N-dealkylation sites (tertiary alicyclic amines) is 1. The van der Waals surface area contributed by atoms with Crippen LogP contribution in [0.2, 0.25) is 0 Å². The van der Waals surface area contributed by atoms with Crippen LogP contribution in [0.15, 0.2) is 30.3 Å². The summed E-state index contributed by atoms with van der Waals surface area (Å²) in [5.74, 6) is -1.22. The van der Waals surface area contributed by atoms with Gasteiger partial charge in [-0.25, -0.2) is 14.4 Å². The lowest BCUT2D eigenvalue weighted by molar-refractivity contribution is -0.147. The number of alkyl carbamates (subject to hydrolysis) is 1. The number of nitrogens with one attached hydrogen (secondary N) is 1. The number of ether oxygens (including phenoxy) is 2. The highest BCUT2D eigenvalue weighted by atomic mass is 16.6. The summed E-state index contributed by atoms with van der Waals surface area (Å²) in [6, 6.07) is 9.07. The van der Waals surface area contributed by atoms with Gasteiger partial charge >= 0.3 is 18.2 Å². The van der Waals surface area contributed by atoms with Crippen LogP contribution < -0.4 is 5.32 Å². The first kappa shape index (κ1) is 20.5. The molecule has 0 bridgehead atoms. The van der Waals surface area contributed by atoms with Crippen molar-refractivity contribution in [2.45, 2.75) is 51.4 Å². The number of benzene rings is 1. The van der Waals surface area contributed by atoms with E-state index in [1.807, 2.05) is 18.2 Å². The Labute approximate surface area is 158 Å². The van der Waals surface area contributed by atoms with E-state index in [0.717, 1.165) is 5.56 Å². The van der Waals surface area contributed by atoms with Crippen molar-refractivity contribution in [1.29, 1.82) is 0 Å². The van der Waals surface area contributed by atoms with Gasteiger partial charge in [-0.1, -0.05) is 30.3 Å². The lowest BCUT2D eigenvalue weighted by Gasteiger charge is -2.40. The van der Waals surface area contributed by atoms with E-state index in [9.17, 15) is 19.5 Å². The first-order valence-corrected chi connectivity index (χ1v) is 8.81. The molecule has 0 aromatic heterocycles. The van der Waals surface area contributed by atoms with Crippen LogP contribution in [0, 0.1) is 0 Å². The van der Waals surface area contributed by atoms with Gasteiger partial charge in [0.15, 0.2) is 5.54 Å². The predicted molar refractivity (Wildman–Crippen MR) is 97.2 cm³/mol. The maximum absolute atomic E-state index is 12.3. The molecule has 0 radical (unpaired) electrons. The molecule has 1 heterocycles. The van der Waals surface area contributed by atoms with Crippen molar-refractivity contribution in [3.05, 3.63) is 35.9 Å². The van der Waals surface area contributed by atoms with Crippen LogP contribution >= 0.6 is 0 Å². The Hall–Kier alpha value is -2.77. The normalized spacial score (nSPS) is 19.9. The molecule has 0 saturated carbocycles. The van der Waals surface area contributed by atoms with Gasteiger partial charge in [0.25, 0.3) is 0 Å². The maximum atomic E-state index is 12.3. The highest BCUT2D eigenvalue weighted by Gasteiger charge is 2.46. The molecule has 1 aliphatic rings. The van der Waals surface area contributed by atoms with Crippen LogP contribution in [0.1, 0.15) is 39.2 Å². The fraction of sp³-hybridized carbons (Fsp3) is 0.526. The summed E-state index contributed by atoms with van der Waals surface area (Å²) in [7, 11) is 0. The molecule has 0 aliphatic carbocycles. The van der Waals surface area contributed by atoms with Crippen LogP contribution in [-0.2, 0) is 20.9 Å². The Kier molecular flexibility index (Phi) is 6.30. The molecule has 148 valence electrons. The first-order valence-electron chi connectivity index (χ1n) is 8.81. The Morgan fingerprint density at radius 3 is 2.48 bits per heavy atom. The summed E-state index contributed by atoms with van der Waals surface area (Å²) in [5, 5.41) is 12.1. The number of hydrogen-bond donors (Lipinski definition) is 2. The molecule has 1 saturated heterocycles. The maximum Gasteiger partial charge on any atom is 0.410 e. The van der Waals surface area contributed by atoms with Crippen molar-refractivity contribution in [3.8, 4) is 0 Å². The monoisotopic (exact) mass is 378 g/mol. The van der Waals surface area contributed by atoms with Gasteiger partial charge in [0, 0.05) is 6.54 Å². The number of carbonyl (C=O) groups excluding carboxylic acids is 2. The van der Waals surface area contributed by atoms with Gasteiger partial charge in [-0.05, 0) is 39.2 Å². The van der Waals surface area contributed by atoms with Crippen molar-refractivity contribution < 1.29 is 29.0 Å². The van der Waals surface area contributed by atoms with Crippen molar-refractivity contribution in [3.63, 3.8) is 0 Å². The second-order valence-electron chi connectivity index (χ2n) is 7.58. The van der Waals surface area contributed by atoms with E-state index in [2.05, 4.69) is 5.32 Å². The van der Waals surface area contributed by atoms with E-state index in [1.165, 1.54) is 4.90 Å². The largest absolute Gasteiger partial charge is 0.479 e. The third-order valence-electron chi connectivity index (χ3n) is 4.11. The number of nitrogens with zero attached hydrogens (tertiary/aromatic N) is 1.